The number of hydrogen-bond acceptors (Lipinski definition) is 3. The van der Waals surface area contributed by atoms with Gasteiger partial charge in [-0.3, -0.25) is 4.79 Å². The van der Waals surface area contributed by atoms with Crippen LogP contribution >= 0.6 is 0 Å². The molecule has 1 unspecified atom stereocenters. The van der Waals surface area contributed by atoms with Crippen molar-refractivity contribution in [2.24, 2.45) is 0 Å². The number of aryl methyl sites for hydroxylation is 1. The highest BCUT2D eigenvalue weighted by atomic mass is 16.3. The molecule has 17 heavy (non-hydrogen) atoms. The van der Waals surface area contributed by atoms with E-state index in [2.05, 4.69) is 5.32 Å². The number of phenols is 1. The first kappa shape index (κ1) is 13.5. The summed E-state index contributed by atoms with van der Waals surface area (Å²) in [6.45, 7) is 3.96. The number of aromatic hydroxyl groups is 1. The minimum absolute atomic E-state index is 0.103. The lowest BCUT2D eigenvalue weighted by Crippen LogP contribution is -2.27. The molecule has 1 atom stereocenters. The second-order valence-corrected chi connectivity index (χ2v) is 4.29. The van der Waals surface area contributed by atoms with Crippen molar-refractivity contribution in [1.82, 2.24) is 5.32 Å². The van der Waals surface area contributed by atoms with Gasteiger partial charge in [0.1, 0.15) is 5.75 Å². The average Bonchev–Trinajstić information content (AvgIpc) is 2.23. The van der Waals surface area contributed by atoms with Gasteiger partial charge in [0.15, 0.2) is 0 Å². The number of amides is 1. The molecular formula is C13H19NO3. The number of phenolic OH excluding ortho intramolecular Hbond substituents is 1. The SMILES string of the molecule is Cc1ccc(CC(=O)NCCC(C)O)cc1O. The lowest BCUT2D eigenvalue weighted by molar-refractivity contribution is -0.120. The van der Waals surface area contributed by atoms with Gasteiger partial charge in [-0.25, -0.2) is 0 Å². The number of nitrogens with one attached hydrogen (secondary N) is 1. The quantitative estimate of drug-likeness (QED) is 0.719. The molecule has 1 amide bonds. The van der Waals surface area contributed by atoms with Crippen molar-refractivity contribution in [1.29, 1.82) is 0 Å². The molecule has 4 nitrogen and oxygen atoms in total. The molecule has 0 aliphatic rings. The van der Waals surface area contributed by atoms with E-state index in [0.717, 1.165) is 11.1 Å². The van der Waals surface area contributed by atoms with E-state index in [0.29, 0.717) is 13.0 Å². The number of aliphatic hydroxyl groups is 1. The molecule has 94 valence electrons. The van der Waals surface area contributed by atoms with E-state index < -0.39 is 6.10 Å². The maximum atomic E-state index is 11.5. The number of rotatable bonds is 5. The largest absolute Gasteiger partial charge is 0.508 e. The van der Waals surface area contributed by atoms with Gasteiger partial charge in [0.05, 0.1) is 12.5 Å². The lowest BCUT2D eigenvalue weighted by atomic mass is 10.1. The van der Waals surface area contributed by atoms with Crippen LogP contribution in [0.15, 0.2) is 18.2 Å². The minimum Gasteiger partial charge on any atom is -0.508 e. The fraction of sp³-hybridized carbons (Fsp3) is 0.462. The van der Waals surface area contributed by atoms with Gasteiger partial charge < -0.3 is 15.5 Å². The van der Waals surface area contributed by atoms with Crippen LogP contribution in [0.3, 0.4) is 0 Å². The second-order valence-electron chi connectivity index (χ2n) is 4.29. The molecule has 0 aromatic heterocycles. The van der Waals surface area contributed by atoms with Crippen molar-refractivity contribution in [2.75, 3.05) is 6.54 Å². The lowest BCUT2D eigenvalue weighted by Gasteiger charge is -2.07. The first-order valence-corrected chi connectivity index (χ1v) is 5.72. The van der Waals surface area contributed by atoms with Gasteiger partial charge >= 0.3 is 0 Å². The van der Waals surface area contributed by atoms with Crippen LogP contribution in [0.5, 0.6) is 5.75 Å². The van der Waals surface area contributed by atoms with Crippen LogP contribution in [0.25, 0.3) is 0 Å². The summed E-state index contributed by atoms with van der Waals surface area (Å²) in [5.41, 5.74) is 1.57. The van der Waals surface area contributed by atoms with E-state index in [9.17, 15) is 9.90 Å². The summed E-state index contributed by atoms with van der Waals surface area (Å²) in [6, 6.07) is 5.21. The second kappa shape index (κ2) is 6.25. The summed E-state index contributed by atoms with van der Waals surface area (Å²) in [5, 5.41) is 21.3. The Morgan fingerprint density at radius 3 is 2.76 bits per heavy atom. The van der Waals surface area contributed by atoms with Crippen molar-refractivity contribution in [2.45, 2.75) is 32.8 Å². The molecule has 0 bridgehead atoms. The van der Waals surface area contributed by atoms with Crippen molar-refractivity contribution in [3.8, 4) is 5.75 Å². The third-order valence-corrected chi connectivity index (χ3v) is 2.52. The van der Waals surface area contributed by atoms with Crippen LogP contribution in [0, 0.1) is 6.92 Å². The van der Waals surface area contributed by atoms with Gasteiger partial charge in [0.25, 0.3) is 0 Å². The molecule has 0 saturated heterocycles. The first-order valence-electron chi connectivity index (χ1n) is 5.72. The van der Waals surface area contributed by atoms with E-state index in [1.54, 1.807) is 19.1 Å². The van der Waals surface area contributed by atoms with Crippen LogP contribution in [0.2, 0.25) is 0 Å². The van der Waals surface area contributed by atoms with E-state index in [-0.39, 0.29) is 18.1 Å². The average molecular weight is 237 g/mol. The summed E-state index contributed by atoms with van der Waals surface area (Å²) in [6.07, 6.45) is 0.386. The summed E-state index contributed by atoms with van der Waals surface area (Å²) in [5.74, 6) is 0.105. The summed E-state index contributed by atoms with van der Waals surface area (Å²) in [4.78, 5) is 11.5. The van der Waals surface area contributed by atoms with E-state index in [1.165, 1.54) is 0 Å². The van der Waals surface area contributed by atoms with E-state index in [4.69, 9.17) is 5.11 Å². The van der Waals surface area contributed by atoms with Crippen molar-refractivity contribution in [3.63, 3.8) is 0 Å². The molecular weight excluding hydrogens is 218 g/mol. The fourth-order valence-corrected chi connectivity index (χ4v) is 1.43. The predicted octanol–water partition coefficient (Wildman–Crippen LogP) is 1.13. The van der Waals surface area contributed by atoms with Gasteiger partial charge in [-0.15, -0.1) is 0 Å². The molecule has 1 rings (SSSR count). The molecule has 4 heteroatoms. The molecule has 0 fully saturated rings. The van der Waals surface area contributed by atoms with Gasteiger partial charge in [0, 0.05) is 6.54 Å². The van der Waals surface area contributed by atoms with Crippen LogP contribution in [-0.4, -0.2) is 28.8 Å². The maximum Gasteiger partial charge on any atom is 0.224 e. The Hall–Kier alpha value is -1.55. The number of hydrogen-bond donors (Lipinski definition) is 3. The monoisotopic (exact) mass is 237 g/mol. The maximum absolute atomic E-state index is 11.5. The van der Waals surface area contributed by atoms with E-state index in [1.807, 2.05) is 13.0 Å². The van der Waals surface area contributed by atoms with E-state index >= 15 is 0 Å². The van der Waals surface area contributed by atoms with Crippen LogP contribution in [0.4, 0.5) is 0 Å². The zero-order valence-corrected chi connectivity index (χ0v) is 10.2. The van der Waals surface area contributed by atoms with Crippen LogP contribution < -0.4 is 5.32 Å². The fourth-order valence-electron chi connectivity index (χ4n) is 1.43. The molecule has 0 aliphatic heterocycles. The topological polar surface area (TPSA) is 69.6 Å². The molecule has 0 aliphatic carbocycles. The Morgan fingerprint density at radius 2 is 2.18 bits per heavy atom. The molecule has 0 spiro atoms. The smallest absolute Gasteiger partial charge is 0.224 e. The molecule has 0 radical (unpaired) electrons. The Balaban J connectivity index is 2.42. The molecule has 1 aromatic carbocycles. The van der Waals surface area contributed by atoms with Crippen LogP contribution in [0.1, 0.15) is 24.5 Å². The number of aliphatic hydroxyl groups excluding tert-OH is 1. The summed E-state index contributed by atoms with van der Waals surface area (Å²) in [7, 11) is 0. The Bertz CT molecular complexity index is 388. The predicted molar refractivity (Wildman–Crippen MR) is 65.9 cm³/mol. The molecule has 1 aromatic rings. The van der Waals surface area contributed by atoms with Crippen molar-refractivity contribution < 1.29 is 15.0 Å². The molecule has 3 N–H and O–H groups in total. The van der Waals surface area contributed by atoms with Crippen molar-refractivity contribution in [3.05, 3.63) is 29.3 Å². The summed E-state index contributed by atoms with van der Waals surface area (Å²) >= 11 is 0. The van der Waals surface area contributed by atoms with Gasteiger partial charge in [-0.1, -0.05) is 12.1 Å². The van der Waals surface area contributed by atoms with Gasteiger partial charge in [-0.2, -0.15) is 0 Å². The third-order valence-electron chi connectivity index (χ3n) is 2.52. The zero-order valence-electron chi connectivity index (χ0n) is 10.2. The number of carbonyl (C=O) groups excluding carboxylic acids is 1. The first-order chi connectivity index (χ1) is 7.99. The third kappa shape index (κ3) is 4.87. The Labute approximate surface area is 101 Å². The normalized spacial score (nSPS) is 12.2. The Kier molecular flexibility index (Phi) is 4.97. The number of benzene rings is 1. The van der Waals surface area contributed by atoms with Gasteiger partial charge in [0.2, 0.25) is 5.91 Å². The highest BCUT2D eigenvalue weighted by Crippen LogP contribution is 2.17. The van der Waals surface area contributed by atoms with Gasteiger partial charge in [-0.05, 0) is 37.5 Å². The van der Waals surface area contributed by atoms with Crippen LogP contribution in [-0.2, 0) is 11.2 Å². The highest BCUT2D eigenvalue weighted by Gasteiger charge is 2.05. The number of carbonyl (C=O) groups is 1. The molecule has 0 saturated carbocycles. The molecule has 0 heterocycles. The minimum atomic E-state index is -0.404. The Morgan fingerprint density at radius 1 is 1.47 bits per heavy atom. The van der Waals surface area contributed by atoms with Crippen molar-refractivity contribution >= 4 is 5.91 Å². The standard InChI is InChI=1S/C13H19NO3/c1-9-3-4-11(7-12(9)16)8-13(17)14-6-5-10(2)15/h3-4,7,10,15-16H,5-6,8H2,1-2H3,(H,14,17). The zero-order chi connectivity index (χ0) is 12.8. The highest BCUT2D eigenvalue weighted by molar-refractivity contribution is 5.78. The summed E-state index contributed by atoms with van der Waals surface area (Å²) < 4.78 is 0.